The van der Waals surface area contributed by atoms with Crippen molar-refractivity contribution in [2.45, 2.75) is 95.2 Å². The summed E-state index contributed by atoms with van der Waals surface area (Å²) in [6.45, 7) is 3.84. The van der Waals surface area contributed by atoms with Gasteiger partial charge in [0.25, 0.3) is 0 Å². The number of halogens is 1. The van der Waals surface area contributed by atoms with Gasteiger partial charge in [0.2, 0.25) is 5.91 Å². The van der Waals surface area contributed by atoms with Gasteiger partial charge in [-0.1, -0.05) is 19.3 Å². The number of hydrogen-bond donors (Lipinski definition) is 1. The summed E-state index contributed by atoms with van der Waals surface area (Å²) in [4.78, 5) is 17.2. The summed E-state index contributed by atoms with van der Waals surface area (Å²) >= 11 is 0. The molecule has 1 N–H and O–H groups in total. The third kappa shape index (κ3) is 6.32. The molecule has 4 rings (SSSR count). The summed E-state index contributed by atoms with van der Waals surface area (Å²) in [7, 11) is 0. The number of rotatable bonds is 9. The average Bonchev–Trinajstić information content (AvgIpc) is 3.52. The summed E-state index contributed by atoms with van der Waals surface area (Å²) in [6, 6.07) is 1.46. The van der Waals surface area contributed by atoms with Gasteiger partial charge in [0.05, 0.1) is 0 Å². The van der Waals surface area contributed by atoms with E-state index < -0.39 is 0 Å². The molecule has 0 aromatic heterocycles. The van der Waals surface area contributed by atoms with Crippen LogP contribution in [0.5, 0.6) is 0 Å². The molecule has 29 heavy (non-hydrogen) atoms. The number of aliphatic hydroxyl groups excluding tert-OH is 1. The van der Waals surface area contributed by atoms with Crippen molar-refractivity contribution in [2.24, 2.45) is 11.8 Å². The van der Waals surface area contributed by atoms with Gasteiger partial charge >= 0.3 is 0 Å². The summed E-state index contributed by atoms with van der Waals surface area (Å²) in [6.07, 6.45) is 14.8. The van der Waals surface area contributed by atoms with Gasteiger partial charge in [-0.15, -0.1) is 12.4 Å². The Balaban J connectivity index is 0.00000240. The van der Waals surface area contributed by atoms with E-state index >= 15 is 0 Å². The molecule has 1 amide bonds. The lowest BCUT2D eigenvalue weighted by Gasteiger charge is -2.48. The highest BCUT2D eigenvalue weighted by Crippen LogP contribution is 2.37. The maximum absolute atomic E-state index is 12.5. The zero-order chi connectivity index (χ0) is 19.3. The fraction of sp³-hybridized carbons (Fsp3) is 0.957. The number of amides is 1. The van der Waals surface area contributed by atoms with Crippen LogP contribution in [0.3, 0.4) is 0 Å². The van der Waals surface area contributed by atoms with Crippen molar-refractivity contribution in [2.75, 3.05) is 32.9 Å². The van der Waals surface area contributed by atoms with Crippen LogP contribution in [0.2, 0.25) is 0 Å². The van der Waals surface area contributed by atoms with Gasteiger partial charge in [-0.3, -0.25) is 4.79 Å². The molecule has 4 aliphatic rings. The third-order valence-electron chi connectivity index (χ3n) is 7.73. The summed E-state index contributed by atoms with van der Waals surface area (Å²) in [5.41, 5.74) is 0. The fourth-order valence-electron chi connectivity index (χ4n) is 5.69. The van der Waals surface area contributed by atoms with E-state index in [-0.39, 0.29) is 24.9 Å². The van der Waals surface area contributed by atoms with E-state index in [1.165, 1.54) is 51.4 Å². The topological polar surface area (TPSA) is 53.0 Å². The first-order valence-corrected chi connectivity index (χ1v) is 12.0. The van der Waals surface area contributed by atoms with Gasteiger partial charge in [0.15, 0.2) is 0 Å². The molecule has 0 atom stereocenters. The maximum Gasteiger partial charge on any atom is 0.248 e. The number of ether oxygens (including phenoxy) is 1. The number of aliphatic hydroxyl groups is 1. The third-order valence-corrected chi connectivity index (χ3v) is 7.73. The van der Waals surface area contributed by atoms with Gasteiger partial charge in [-0.25, -0.2) is 0 Å². The molecule has 168 valence electrons. The lowest BCUT2D eigenvalue weighted by Crippen LogP contribution is -2.55. The molecule has 3 saturated carbocycles. The Bertz CT molecular complexity index is 496. The Hall–Kier alpha value is -0.360. The second kappa shape index (κ2) is 11.3. The molecule has 1 heterocycles. The van der Waals surface area contributed by atoms with E-state index in [1.807, 2.05) is 0 Å². The minimum atomic E-state index is -0.330. The van der Waals surface area contributed by atoms with Gasteiger partial charge < -0.3 is 19.6 Å². The zero-order valence-corrected chi connectivity index (χ0v) is 18.8. The maximum atomic E-state index is 12.5. The van der Waals surface area contributed by atoms with Crippen molar-refractivity contribution < 1.29 is 14.6 Å². The molecule has 1 aliphatic heterocycles. The quantitative estimate of drug-likeness (QED) is 0.570. The van der Waals surface area contributed by atoms with E-state index in [4.69, 9.17) is 4.74 Å². The number of carbonyl (C=O) groups excluding carboxylic acids is 1. The van der Waals surface area contributed by atoms with Crippen molar-refractivity contribution in [1.82, 2.24) is 9.80 Å². The van der Waals surface area contributed by atoms with E-state index in [2.05, 4.69) is 9.80 Å². The van der Waals surface area contributed by atoms with Crippen LogP contribution >= 0.6 is 12.4 Å². The largest absolute Gasteiger partial charge is 0.387 e. The molecule has 0 unspecified atom stereocenters. The summed E-state index contributed by atoms with van der Waals surface area (Å²) in [5, 5.41) is 9.49. The molecule has 1 saturated heterocycles. The highest BCUT2D eigenvalue weighted by molar-refractivity contribution is 5.85. The van der Waals surface area contributed by atoms with Crippen LogP contribution in [0.1, 0.15) is 77.0 Å². The minimum Gasteiger partial charge on any atom is -0.387 e. The number of hydrogen-bond acceptors (Lipinski definition) is 4. The van der Waals surface area contributed by atoms with Crippen LogP contribution in [-0.4, -0.2) is 71.8 Å². The molecule has 6 heteroatoms. The monoisotopic (exact) mass is 428 g/mol. The van der Waals surface area contributed by atoms with E-state index in [1.54, 1.807) is 0 Å². The lowest BCUT2D eigenvalue weighted by atomic mass is 9.76. The summed E-state index contributed by atoms with van der Waals surface area (Å²) < 4.78 is 5.80. The number of carbonyl (C=O) groups is 1. The first-order chi connectivity index (χ1) is 13.7. The van der Waals surface area contributed by atoms with Crippen LogP contribution < -0.4 is 0 Å². The van der Waals surface area contributed by atoms with Gasteiger partial charge in [-0.05, 0) is 69.6 Å². The molecule has 0 aromatic rings. The van der Waals surface area contributed by atoms with Crippen LogP contribution in [0, 0.1) is 11.8 Å². The Morgan fingerprint density at radius 1 is 0.931 bits per heavy atom. The van der Waals surface area contributed by atoms with Crippen molar-refractivity contribution in [3.63, 3.8) is 0 Å². The first-order valence-electron chi connectivity index (χ1n) is 12.0. The molecular weight excluding hydrogens is 388 g/mol. The van der Waals surface area contributed by atoms with Crippen molar-refractivity contribution in [3.8, 4) is 0 Å². The molecule has 5 nitrogen and oxygen atoms in total. The molecule has 0 bridgehead atoms. The van der Waals surface area contributed by atoms with Crippen LogP contribution in [0.4, 0.5) is 0 Å². The Kier molecular flexibility index (Phi) is 9.09. The van der Waals surface area contributed by atoms with Crippen molar-refractivity contribution in [1.29, 1.82) is 0 Å². The highest BCUT2D eigenvalue weighted by Gasteiger charge is 2.38. The van der Waals surface area contributed by atoms with Crippen LogP contribution in [0.15, 0.2) is 0 Å². The SMILES string of the molecule is Cl.O=C(CO)N(C1CCCCC1)C1CCN(C2CC(CCOCC3CC3)C2)CC1. The second-order valence-corrected chi connectivity index (χ2v) is 9.82. The lowest BCUT2D eigenvalue weighted by molar-refractivity contribution is -0.141. The van der Waals surface area contributed by atoms with Crippen LogP contribution in [0.25, 0.3) is 0 Å². The molecule has 0 aromatic carbocycles. The Labute approximate surface area is 182 Å². The van der Waals surface area contributed by atoms with Gasteiger partial charge in [-0.2, -0.15) is 0 Å². The van der Waals surface area contributed by atoms with E-state index in [0.717, 1.165) is 69.9 Å². The first kappa shape index (κ1) is 23.3. The average molecular weight is 429 g/mol. The summed E-state index contributed by atoms with van der Waals surface area (Å²) in [5.74, 6) is 1.69. The number of piperidine rings is 1. The normalized spacial score (nSPS) is 29.1. The number of nitrogens with zero attached hydrogens (tertiary/aromatic N) is 2. The second-order valence-electron chi connectivity index (χ2n) is 9.82. The fourth-order valence-corrected chi connectivity index (χ4v) is 5.69. The Morgan fingerprint density at radius 2 is 1.59 bits per heavy atom. The zero-order valence-electron chi connectivity index (χ0n) is 18.0. The Morgan fingerprint density at radius 3 is 2.21 bits per heavy atom. The molecule has 3 aliphatic carbocycles. The number of likely N-dealkylation sites (tertiary alicyclic amines) is 1. The molecular formula is C23H41ClN2O3. The van der Waals surface area contributed by atoms with Gasteiger partial charge in [0.1, 0.15) is 6.61 Å². The highest BCUT2D eigenvalue weighted by atomic mass is 35.5. The van der Waals surface area contributed by atoms with E-state index in [0.29, 0.717) is 12.1 Å². The van der Waals surface area contributed by atoms with E-state index in [9.17, 15) is 9.90 Å². The van der Waals surface area contributed by atoms with Gasteiger partial charge in [0, 0.05) is 44.4 Å². The standard InChI is InChI=1S/C23H40N2O3.ClH/c26-16-23(27)25(20-4-2-1-3-5-20)21-8-11-24(12-9-21)22-14-19(15-22)10-13-28-17-18-6-7-18;/h18-22,26H,1-17H2;1H. The van der Waals surface area contributed by atoms with Crippen molar-refractivity contribution in [3.05, 3.63) is 0 Å². The van der Waals surface area contributed by atoms with Crippen molar-refractivity contribution >= 4 is 18.3 Å². The smallest absolute Gasteiger partial charge is 0.248 e. The predicted octanol–water partition coefficient (Wildman–Crippen LogP) is 3.62. The van der Waals surface area contributed by atoms with Crippen LogP contribution in [-0.2, 0) is 9.53 Å². The molecule has 0 spiro atoms. The minimum absolute atomic E-state index is 0. The predicted molar refractivity (Wildman–Crippen MR) is 117 cm³/mol. The molecule has 4 fully saturated rings. The molecule has 0 radical (unpaired) electrons.